The first-order valence-electron chi connectivity index (χ1n) is 9.47. The topological polar surface area (TPSA) is 41.9 Å². The molecule has 0 spiro atoms. The van der Waals surface area contributed by atoms with Crippen molar-refractivity contribution < 1.29 is 14.6 Å². The normalized spacial score (nSPS) is 18.3. The van der Waals surface area contributed by atoms with Crippen LogP contribution in [0.4, 0.5) is 0 Å². The van der Waals surface area contributed by atoms with Crippen molar-refractivity contribution in [3.63, 3.8) is 0 Å². The summed E-state index contributed by atoms with van der Waals surface area (Å²) in [6.07, 6.45) is 1.86. The van der Waals surface area contributed by atoms with Gasteiger partial charge >= 0.3 is 0 Å². The molecule has 2 aromatic carbocycles. The van der Waals surface area contributed by atoms with Gasteiger partial charge in [-0.2, -0.15) is 0 Å². The Morgan fingerprint density at radius 1 is 1.00 bits per heavy atom. The molecule has 2 unspecified atom stereocenters. The van der Waals surface area contributed by atoms with Crippen LogP contribution in [0.15, 0.2) is 60.7 Å². The first-order chi connectivity index (χ1) is 12.8. The van der Waals surface area contributed by atoms with Crippen LogP contribution in [0, 0.1) is 0 Å². The Hall–Kier alpha value is -1.72. The fourth-order valence-corrected chi connectivity index (χ4v) is 3.33. The first kappa shape index (κ1) is 19.1. The summed E-state index contributed by atoms with van der Waals surface area (Å²) in [5.41, 5.74) is 2.49. The molecule has 0 amide bonds. The summed E-state index contributed by atoms with van der Waals surface area (Å²) in [5.74, 6) is 0. The van der Waals surface area contributed by atoms with Crippen LogP contribution < -0.4 is 0 Å². The van der Waals surface area contributed by atoms with Crippen LogP contribution in [0.2, 0.25) is 0 Å². The minimum atomic E-state index is -0.510. The lowest BCUT2D eigenvalue weighted by atomic mass is 10.1. The predicted octanol–water partition coefficient (Wildman–Crippen LogP) is 3.25. The molecule has 2 atom stereocenters. The van der Waals surface area contributed by atoms with E-state index >= 15 is 0 Å². The fraction of sp³-hybridized carbons (Fsp3) is 0.455. The predicted molar refractivity (Wildman–Crippen MR) is 103 cm³/mol. The number of hydrogen-bond acceptors (Lipinski definition) is 4. The molecule has 0 radical (unpaired) electrons. The van der Waals surface area contributed by atoms with Gasteiger partial charge in [-0.15, -0.1) is 0 Å². The summed E-state index contributed by atoms with van der Waals surface area (Å²) >= 11 is 0. The van der Waals surface area contributed by atoms with Crippen molar-refractivity contribution in [2.45, 2.75) is 38.1 Å². The lowest BCUT2D eigenvalue weighted by Crippen LogP contribution is -2.35. The molecule has 1 saturated heterocycles. The minimum Gasteiger partial charge on any atom is -0.389 e. The minimum absolute atomic E-state index is 0.201. The van der Waals surface area contributed by atoms with E-state index in [1.165, 1.54) is 11.1 Å². The van der Waals surface area contributed by atoms with E-state index in [1.54, 1.807) is 0 Å². The maximum absolute atomic E-state index is 10.4. The summed E-state index contributed by atoms with van der Waals surface area (Å²) in [5, 5.41) is 10.4. The summed E-state index contributed by atoms with van der Waals surface area (Å²) in [7, 11) is 0. The Labute approximate surface area is 156 Å². The second-order valence-corrected chi connectivity index (χ2v) is 6.97. The molecular weight excluding hydrogens is 326 g/mol. The van der Waals surface area contributed by atoms with Gasteiger partial charge in [0.15, 0.2) is 0 Å². The molecule has 0 bridgehead atoms. The molecule has 1 N–H and O–H groups in total. The average Bonchev–Trinajstić information content (AvgIpc) is 3.17. The quantitative estimate of drug-likeness (QED) is 0.710. The van der Waals surface area contributed by atoms with Gasteiger partial charge in [0.25, 0.3) is 0 Å². The molecule has 0 saturated carbocycles. The van der Waals surface area contributed by atoms with Gasteiger partial charge in [0.05, 0.1) is 25.4 Å². The highest BCUT2D eigenvalue weighted by molar-refractivity contribution is 5.17. The van der Waals surface area contributed by atoms with Crippen LogP contribution in [-0.2, 0) is 22.6 Å². The van der Waals surface area contributed by atoms with E-state index in [1.807, 2.05) is 12.1 Å². The molecule has 140 valence electrons. The Balaban J connectivity index is 1.51. The highest BCUT2D eigenvalue weighted by Gasteiger charge is 2.17. The number of ether oxygens (including phenoxy) is 2. The number of benzene rings is 2. The monoisotopic (exact) mass is 355 g/mol. The maximum Gasteiger partial charge on any atom is 0.0900 e. The number of nitrogens with zero attached hydrogens (tertiary/aromatic N) is 1. The van der Waals surface area contributed by atoms with E-state index in [2.05, 4.69) is 53.4 Å². The summed E-state index contributed by atoms with van der Waals surface area (Å²) < 4.78 is 11.2. The lowest BCUT2D eigenvalue weighted by molar-refractivity contribution is -0.0264. The fourth-order valence-electron chi connectivity index (χ4n) is 3.33. The molecule has 4 nitrogen and oxygen atoms in total. The van der Waals surface area contributed by atoms with Gasteiger partial charge in [0, 0.05) is 26.2 Å². The van der Waals surface area contributed by atoms with Gasteiger partial charge in [0.2, 0.25) is 0 Å². The molecular formula is C22H29NO3. The number of aliphatic hydroxyl groups excluding tert-OH is 1. The summed E-state index contributed by atoms with van der Waals surface area (Å²) in [4.78, 5) is 2.27. The molecule has 1 fully saturated rings. The highest BCUT2D eigenvalue weighted by Crippen LogP contribution is 2.13. The van der Waals surface area contributed by atoms with Crippen LogP contribution in [0.1, 0.15) is 24.0 Å². The van der Waals surface area contributed by atoms with Crippen molar-refractivity contribution in [1.29, 1.82) is 0 Å². The molecule has 3 rings (SSSR count). The standard InChI is InChI=1S/C22H29NO3/c24-21(17-25-18-22-12-7-13-26-22)16-23(14-19-8-3-1-4-9-19)15-20-10-5-2-6-11-20/h1-6,8-11,21-22,24H,7,12-18H2. The largest absolute Gasteiger partial charge is 0.389 e. The van der Waals surface area contributed by atoms with Crippen LogP contribution >= 0.6 is 0 Å². The van der Waals surface area contributed by atoms with Gasteiger partial charge in [-0.25, -0.2) is 0 Å². The first-order valence-corrected chi connectivity index (χ1v) is 9.47. The molecule has 1 aliphatic rings. The third-order valence-electron chi connectivity index (χ3n) is 4.60. The van der Waals surface area contributed by atoms with E-state index in [0.29, 0.717) is 19.8 Å². The van der Waals surface area contributed by atoms with E-state index in [-0.39, 0.29) is 6.10 Å². The molecule has 4 heteroatoms. The third-order valence-corrected chi connectivity index (χ3v) is 4.60. The van der Waals surface area contributed by atoms with Crippen LogP contribution in [0.5, 0.6) is 0 Å². The van der Waals surface area contributed by atoms with Crippen LogP contribution in [-0.4, -0.2) is 48.6 Å². The zero-order valence-corrected chi connectivity index (χ0v) is 15.3. The number of hydrogen-bond donors (Lipinski definition) is 1. The summed E-state index contributed by atoms with van der Waals surface area (Å²) in [6, 6.07) is 20.8. The molecule has 1 heterocycles. The maximum atomic E-state index is 10.4. The highest BCUT2D eigenvalue weighted by atomic mass is 16.5. The smallest absolute Gasteiger partial charge is 0.0900 e. The van der Waals surface area contributed by atoms with Crippen molar-refractivity contribution in [3.05, 3.63) is 71.8 Å². The Morgan fingerprint density at radius 2 is 1.62 bits per heavy atom. The van der Waals surface area contributed by atoms with Crippen LogP contribution in [0.3, 0.4) is 0 Å². The number of aliphatic hydroxyl groups is 1. The SMILES string of the molecule is OC(COCC1CCCO1)CN(Cc1ccccc1)Cc1ccccc1. The Morgan fingerprint density at radius 3 is 2.15 bits per heavy atom. The molecule has 2 aromatic rings. The molecule has 26 heavy (non-hydrogen) atoms. The van der Waals surface area contributed by atoms with Crippen molar-refractivity contribution >= 4 is 0 Å². The Kier molecular flexibility index (Phi) is 7.65. The molecule has 1 aliphatic heterocycles. The van der Waals surface area contributed by atoms with Crippen molar-refractivity contribution in [2.24, 2.45) is 0 Å². The van der Waals surface area contributed by atoms with E-state index in [4.69, 9.17) is 9.47 Å². The second kappa shape index (κ2) is 10.4. The zero-order valence-electron chi connectivity index (χ0n) is 15.3. The van der Waals surface area contributed by atoms with E-state index < -0.39 is 6.10 Å². The van der Waals surface area contributed by atoms with E-state index in [0.717, 1.165) is 32.5 Å². The van der Waals surface area contributed by atoms with Crippen molar-refractivity contribution in [3.8, 4) is 0 Å². The third kappa shape index (κ3) is 6.54. The summed E-state index contributed by atoms with van der Waals surface area (Å²) in [6.45, 7) is 3.94. The van der Waals surface area contributed by atoms with Gasteiger partial charge in [0.1, 0.15) is 0 Å². The molecule has 0 aromatic heterocycles. The van der Waals surface area contributed by atoms with Gasteiger partial charge < -0.3 is 14.6 Å². The van der Waals surface area contributed by atoms with E-state index in [9.17, 15) is 5.11 Å². The van der Waals surface area contributed by atoms with Gasteiger partial charge in [-0.1, -0.05) is 60.7 Å². The Bertz CT molecular complexity index is 572. The number of rotatable bonds is 10. The average molecular weight is 355 g/mol. The zero-order chi connectivity index (χ0) is 18.0. The second-order valence-electron chi connectivity index (χ2n) is 6.97. The van der Waals surface area contributed by atoms with Gasteiger partial charge in [-0.3, -0.25) is 4.90 Å². The van der Waals surface area contributed by atoms with Crippen molar-refractivity contribution in [1.82, 2.24) is 4.90 Å². The van der Waals surface area contributed by atoms with Crippen LogP contribution in [0.25, 0.3) is 0 Å². The molecule has 0 aliphatic carbocycles. The van der Waals surface area contributed by atoms with Crippen molar-refractivity contribution in [2.75, 3.05) is 26.4 Å². The lowest BCUT2D eigenvalue weighted by Gasteiger charge is -2.25. The van der Waals surface area contributed by atoms with Gasteiger partial charge in [-0.05, 0) is 24.0 Å².